The molecular weight excluding hydrogens is 485 g/mol. The number of sulfonamides is 1. The summed E-state index contributed by atoms with van der Waals surface area (Å²) in [5.41, 5.74) is 3.71. The Bertz CT molecular complexity index is 1530. The molecule has 5 rings (SSSR count). The SMILES string of the molecule is Cc1ccc(F)c(S(=O)(=O)Nc2ccc(-c3cnc4c(CC(=O)C5CCOCC5)[nH]nc4n3)cc2)c1. The van der Waals surface area contributed by atoms with E-state index < -0.39 is 20.7 Å². The van der Waals surface area contributed by atoms with E-state index in [4.69, 9.17) is 4.74 Å². The number of benzene rings is 2. The summed E-state index contributed by atoms with van der Waals surface area (Å²) in [4.78, 5) is 21.2. The molecule has 0 unspecified atom stereocenters. The van der Waals surface area contributed by atoms with Crippen LogP contribution in [0.3, 0.4) is 0 Å². The van der Waals surface area contributed by atoms with E-state index in [1.165, 1.54) is 12.1 Å². The molecule has 36 heavy (non-hydrogen) atoms. The normalized spacial score (nSPS) is 14.7. The lowest BCUT2D eigenvalue weighted by Crippen LogP contribution is -2.24. The molecule has 1 saturated heterocycles. The van der Waals surface area contributed by atoms with Gasteiger partial charge in [-0.3, -0.25) is 14.6 Å². The first-order chi connectivity index (χ1) is 17.3. The Morgan fingerprint density at radius 2 is 1.92 bits per heavy atom. The second kappa shape index (κ2) is 9.75. The van der Waals surface area contributed by atoms with Crippen LogP contribution in [0, 0.1) is 18.7 Å². The van der Waals surface area contributed by atoms with Gasteiger partial charge >= 0.3 is 0 Å². The molecule has 0 bridgehead atoms. The Balaban J connectivity index is 1.32. The van der Waals surface area contributed by atoms with Gasteiger partial charge in [0.25, 0.3) is 10.0 Å². The average molecular weight is 510 g/mol. The Morgan fingerprint density at radius 3 is 2.67 bits per heavy atom. The topological polar surface area (TPSA) is 127 Å². The standard InChI is InChI=1S/C25H24FN5O4S/c1-15-2-7-19(26)23(12-15)36(33,34)31-18-5-3-16(4-6-18)21-14-27-24-20(29-30-25(24)28-21)13-22(32)17-8-10-35-11-9-17/h2-7,12,14,17,31H,8-11,13H2,1H3,(H,28,29,30). The zero-order valence-corrected chi connectivity index (χ0v) is 20.3. The van der Waals surface area contributed by atoms with Crippen LogP contribution in [0.4, 0.5) is 10.1 Å². The number of anilines is 1. The Labute approximate surface area is 207 Å². The lowest BCUT2D eigenvalue weighted by Gasteiger charge is -2.20. The zero-order valence-electron chi connectivity index (χ0n) is 19.5. The highest BCUT2D eigenvalue weighted by Gasteiger charge is 2.24. The molecule has 2 aromatic carbocycles. The number of H-pyrrole nitrogens is 1. The van der Waals surface area contributed by atoms with Crippen molar-refractivity contribution in [2.45, 2.75) is 31.1 Å². The van der Waals surface area contributed by atoms with Crippen molar-refractivity contribution in [1.82, 2.24) is 20.2 Å². The Morgan fingerprint density at radius 1 is 1.17 bits per heavy atom. The number of hydrogen-bond donors (Lipinski definition) is 2. The number of nitrogens with one attached hydrogen (secondary N) is 2. The number of aromatic amines is 1. The molecule has 0 saturated carbocycles. The maximum atomic E-state index is 14.1. The first-order valence-electron chi connectivity index (χ1n) is 11.5. The van der Waals surface area contributed by atoms with Crippen LogP contribution in [0.25, 0.3) is 22.4 Å². The predicted molar refractivity (Wildman–Crippen MR) is 131 cm³/mol. The summed E-state index contributed by atoms with van der Waals surface area (Å²) in [6.07, 6.45) is 3.26. The van der Waals surface area contributed by atoms with Gasteiger partial charge in [0, 0.05) is 30.4 Å². The van der Waals surface area contributed by atoms with Gasteiger partial charge in [0.05, 0.1) is 24.0 Å². The summed E-state index contributed by atoms with van der Waals surface area (Å²) in [6.45, 7) is 2.90. The molecular formula is C25H24FN5O4S. The van der Waals surface area contributed by atoms with Crippen molar-refractivity contribution in [3.05, 3.63) is 65.7 Å². The molecule has 0 spiro atoms. The van der Waals surface area contributed by atoms with Gasteiger partial charge in [0.2, 0.25) is 0 Å². The van der Waals surface area contributed by atoms with Crippen LogP contribution in [-0.2, 0) is 26.0 Å². The number of aromatic nitrogens is 4. The maximum Gasteiger partial charge on any atom is 0.264 e. The number of halogens is 1. The smallest absolute Gasteiger partial charge is 0.264 e. The highest BCUT2D eigenvalue weighted by atomic mass is 32.2. The molecule has 11 heteroatoms. The number of ether oxygens (including phenoxy) is 1. The summed E-state index contributed by atoms with van der Waals surface area (Å²) in [6, 6.07) is 10.4. The summed E-state index contributed by atoms with van der Waals surface area (Å²) in [7, 11) is -4.09. The van der Waals surface area contributed by atoms with Crippen LogP contribution < -0.4 is 4.72 Å². The van der Waals surface area contributed by atoms with Crippen molar-refractivity contribution in [2.75, 3.05) is 17.9 Å². The van der Waals surface area contributed by atoms with Crippen LogP contribution in [0.1, 0.15) is 24.1 Å². The van der Waals surface area contributed by atoms with E-state index in [1.54, 1.807) is 37.4 Å². The third-order valence-corrected chi connectivity index (χ3v) is 7.57. The number of ketones is 1. The minimum absolute atomic E-state index is 0.0114. The number of fused-ring (bicyclic) bond motifs is 1. The highest BCUT2D eigenvalue weighted by molar-refractivity contribution is 7.92. The van der Waals surface area contributed by atoms with Crippen molar-refractivity contribution in [3.8, 4) is 11.3 Å². The van der Waals surface area contributed by atoms with Gasteiger partial charge in [-0.05, 0) is 49.6 Å². The molecule has 4 aromatic rings. The average Bonchev–Trinajstić information content (AvgIpc) is 3.28. The van der Waals surface area contributed by atoms with Crippen LogP contribution in [0.15, 0.2) is 53.6 Å². The Hall–Kier alpha value is -3.70. The molecule has 1 aliphatic rings. The fraction of sp³-hybridized carbons (Fsp3) is 0.280. The molecule has 1 fully saturated rings. The highest BCUT2D eigenvalue weighted by Crippen LogP contribution is 2.25. The zero-order chi connectivity index (χ0) is 25.3. The predicted octanol–water partition coefficient (Wildman–Crippen LogP) is 3.81. The molecule has 0 atom stereocenters. The summed E-state index contributed by atoms with van der Waals surface area (Å²) in [5.74, 6) is -0.692. The van der Waals surface area contributed by atoms with Crippen LogP contribution in [0.2, 0.25) is 0 Å². The maximum absolute atomic E-state index is 14.1. The van der Waals surface area contributed by atoms with E-state index in [0.29, 0.717) is 46.9 Å². The number of aryl methyl sites for hydroxylation is 1. The van der Waals surface area contributed by atoms with Gasteiger partial charge in [-0.2, -0.15) is 5.10 Å². The van der Waals surface area contributed by atoms with Gasteiger partial charge in [0.1, 0.15) is 22.0 Å². The Kier molecular flexibility index (Phi) is 6.50. The molecule has 0 radical (unpaired) electrons. The molecule has 0 amide bonds. The van der Waals surface area contributed by atoms with Gasteiger partial charge in [-0.15, -0.1) is 0 Å². The summed E-state index contributed by atoms with van der Waals surface area (Å²) < 4.78 is 47.1. The summed E-state index contributed by atoms with van der Waals surface area (Å²) in [5, 5.41) is 7.10. The van der Waals surface area contributed by atoms with Gasteiger partial charge < -0.3 is 4.74 Å². The van der Waals surface area contributed by atoms with E-state index in [9.17, 15) is 17.6 Å². The number of rotatable bonds is 7. The largest absolute Gasteiger partial charge is 0.381 e. The molecule has 1 aliphatic heterocycles. The monoisotopic (exact) mass is 509 g/mol. The van der Waals surface area contributed by atoms with E-state index in [2.05, 4.69) is 24.9 Å². The van der Waals surface area contributed by atoms with Crippen molar-refractivity contribution in [3.63, 3.8) is 0 Å². The number of Topliss-reactive ketones (excluding diaryl/α,β-unsaturated/α-hetero) is 1. The van der Waals surface area contributed by atoms with Crippen molar-refractivity contribution >= 4 is 32.7 Å². The van der Waals surface area contributed by atoms with Crippen molar-refractivity contribution in [1.29, 1.82) is 0 Å². The molecule has 2 N–H and O–H groups in total. The van der Waals surface area contributed by atoms with Crippen LogP contribution in [-0.4, -0.2) is 47.6 Å². The van der Waals surface area contributed by atoms with Gasteiger partial charge in [-0.25, -0.2) is 22.8 Å². The van der Waals surface area contributed by atoms with Crippen LogP contribution >= 0.6 is 0 Å². The third kappa shape index (κ3) is 4.98. The van der Waals surface area contributed by atoms with E-state index >= 15 is 0 Å². The molecule has 2 aromatic heterocycles. The minimum Gasteiger partial charge on any atom is -0.381 e. The number of carbonyl (C=O) groups excluding carboxylic acids is 1. The molecule has 186 valence electrons. The fourth-order valence-electron chi connectivity index (χ4n) is 4.18. The first-order valence-corrected chi connectivity index (χ1v) is 13.0. The first kappa shape index (κ1) is 24.0. The van der Waals surface area contributed by atoms with Crippen molar-refractivity contribution < 1.29 is 22.3 Å². The number of carbonyl (C=O) groups is 1. The van der Waals surface area contributed by atoms with Crippen molar-refractivity contribution in [2.24, 2.45) is 5.92 Å². The van der Waals surface area contributed by atoms with Gasteiger partial charge in [0.15, 0.2) is 5.65 Å². The van der Waals surface area contributed by atoms with E-state index in [1.807, 2.05) is 0 Å². The second-order valence-electron chi connectivity index (χ2n) is 8.78. The molecule has 9 nitrogen and oxygen atoms in total. The van der Waals surface area contributed by atoms with E-state index in [0.717, 1.165) is 18.9 Å². The fourth-order valence-corrected chi connectivity index (χ4v) is 5.40. The van der Waals surface area contributed by atoms with Gasteiger partial charge in [-0.1, -0.05) is 18.2 Å². The van der Waals surface area contributed by atoms with Crippen LogP contribution in [0.5, 0.6) is 0 Å². The lowest BCUT2D eigenvalue weighted by molar-refractivity contribution is -0.125. The third-order valence-electron chi connectivity index (χ3n) is 6.17. The second-order valence-corrected chi connectivity index (χ2v) is 10.4. The molecule has 3 heterocycles. The minimum atomic E-state index is -4.09. The van der Waals surface area contributed by atoms with E-state index in [-0.39, 0.29) is 23.8 Å². The number of hydrogen-bond acceptors (Lipinski definition) is 7. The molecule has 0 aliphatic carbocycles. The quantitative estimate of drug-likeness (QED) is 0.388. The summed E-state index contributed by atoms with van der Waals surface area (Å²) >= 11 is 0. The number of nitrogens with zero attached hydrogens (tertiary/aromatic N) is 3. The lowest BCUT2D eigenvalue weighted by atomic mass is 9.92.